The zero-order valence-corrected chi connectivity index (χ0v) is 8.31. The molecule has 15 heavy (non-hydrogen) atoms. The molecule has 0 spiro atoms. The third-order valence-corrected chi connectivity index (χ3v) is 3.23. The van der Waals surface area contributed by atoms with Crippen molar-refractivity contribution in [2.24, 2.45) is 11.8 Å². The molecule has 2 fully saturated rings. The second-order valence-corrected chi connectivity index (χ2v) is 4.15. The molecule has 1 saturated heterocycles. The minimum absolute atomic E-state index is 0.245. The molecule has 1 aliphatic heterocycles. The van der Waals surface area contributed by atoms with Crippen LogP contribution in [0.15, 0.2) is 0 Å². The summed E-state index contributed by atoms with van der Waals surface area (Å²) in [5.74, 6) is -2.19. The van der Waals surface area contributed by atoms with Crippen molar-refractivity contribution < 1.29 is 19.5 Å². The van der Waals surface area contributed by atoms with Crippen LogP contribution in [0, 0.1) is 11.8 Å². The van der Waals surface area contributed by atoms with E-state index >= 15 is 0 Å². The number of carboxylic acids is 1. The van der Waals surface area contributed by atoms with Gasteiger partial charge in [-0.15, -0.1) is 0 Å². The number of hydrogen-bond donors (Lipinski definition) is 1. The van der Waals surface area contributed by atoms with Gasteiger partial charge in [0.1, 0.15) is 6.54 Å². The number of rotatable bonds is 2. The van der Waals surface area contributed by atoms with Gasteiger partial charge in [-0.3, -0.25) is 19.3 Å². The summed E-state index contributed by atoms with van der Waals surface area (Å²) in [4.78, 5) is 34.9. The number of fused-ring (bicyclic) bond motifs is 1. The summed E-state index contributed by atoms with van der Waals surface area (Å²) in [5.41, 5.74) is 0. The van der Waals surface area contributed by atoms with Crippen molar-refractivity contribution in [3.63, 3.8) is 0 Å². The molecule has 0 aromatic carbocycles. The van der Waals surface area contributed by atoms with E-state index in [9.17, 15) is 14.4 Å². The number of likely N-dealkylation sites (tertiary alicyclic amines) is 1. The van der Waals surface area contributed by atoms with Crippen molar-refractivity contribution in [3.8, 4) is 0 Å². The SMILES string of the molecule is O=C(O)CN1C(=O)C2CCCCC2C1=O. The molecule has 1 heterocycles. The Bertz CT molecular complexity index is 301. The van der Waals surface area contributed by atoms with Crippen molar-refractivity contribution in [1.82, 2.24) is 4.90 Å². The van der Waals surface area contributed by atoms with Crippen LogP contribution in [-0.2, 0) is 14.4 Å². The van der Waals surface area contributed by atoms with E-state index < -0.39 is 12.5 Å². The first kappa shape index (κ1) is 10.1. The number of nitrogens with zero attached hydrogens (tertiary/aromatic N) is 1. The molecule has 1 aliphatic carbocycles. The highest BCUT2D eigenvalue weighted by atomic mass is 16.4. The van der Waals surface area contributed by atoms with Crippen LogP contribution in [0.1, 0.15) is 25.7 Å². The van der Waals surface area contributed by atoms with Gasteiger partial charge in [0, 0.05) is 0 Å². The largest absolute Gasteiger partial charge is 0.480 e. The van der Waals surface area contributed by atoms with Gasteiger partial charge >= 0.3 is 5.97 Å². The van der Waals surface area contributed by atoms with E-state index in [0.29, 0.717) is 0 Å². The van der Waals surface area contributed by atoms with Gasteiger partial charge in [-0.25, -0.2) is 0 Å². The molecule has 2 aliphatic rings. The third kappa shape index (κ3) is 1.62. The number of carbonyl (C=O) groups excluding carboxylic acids is 2. The Morgan fingerprint density at radius 2 is 1.67 bits per heavy atom. The number of imide groups is 1. The molecule has 2 unspecified atom stereocenters. The average Bonchev–Trinajstić information content (AvgIpc) is 2.44. The van der Waals surface area contributed by atoms with Crippen LogP contribution in [0.3, 0.4) is 0 Å². The molecular formula is C10H13NO4. The molecule has 0 aromatic rings. The van der Waals surface area contributed by atoms with Crippen molar-refractivity contribution in [1.29, 1.82) is 0 Å². The van der Waals surface area contributed by atoms with E-state index in [0.717, 1.165) is 30.6 Å². The first-order chi connectivity index (χ1) is 7.11. The van der Waals surface area contributed by atoms with Gasteiger partial charge in [0.2, 0.25) is 11.8 Å². The van der Waals surface area contributed by atoms with E-state index in [1.165, 1.54) is 0 Å². The molecule has 82 valence electrons. The van der Waals surface area contributed by atoms with Gasteiger partial charge in [-0.2, -0.15) is 0 Å². The van der Waals surface area contributed by atoms with E-state index in [-0.39, 0.29) is 23.7 Å². The molecular weight excluding hydrogens is 198 g/mol. The molecule has 0 radical (unpaired) electrons. The normalized spacial score (nSPS) is 30.5. The fraction of sp³-hybridized carbons (Fsp3) is 0.700. The Balaban J connectivity index is 2.17. The fourth-order valence-electron chi connectivity index (χ4n) is 2.52. The number of carbonyl (C=O) groups is 3. The summed E-state index contributed by atoms with van der Waals surface area (Å²) < 4.78 is 0. The average molecular weight is 211 g/mol. The monoisotopic (exact) mass is 211 g/mol. The number of amides is 2. The van der Waals surface area contributed by atoms with E-state index in [2.05, 4.69) is 0 Å². The fourth-order valence-corrected chi connectivity index (χ4v) is 2.52. The predicted octanol–water partition coefficient (Wildman–Crippen LogP) is 0.246. The van der Waals surface area contributed by atoms with Gasteiger partial charge in [0.15, 0.2) is 0 Å². The molecule has 1 saturated carbocycles. The molecule has 2 rings (SSSR count). The van der Waals surface area contributed by atoms with Crippen LogP contribution in [0.2, 0.25) is 0 Å². The van der Waals surface area contributed by atoms with Crippen LogP contribution >= 0.6 is 0 Å². The summed E-state index contributed by atoms with van der Waals surface area (Å²) >= 11 is 0. The maximum atomic E-state index is 11.7. The molecule has 0 aromatic heterocycles. The summed E-state index contributed by atoms with van der Waals surface area (Å²) in [6.45, 7) is -0.481. The first-order valence-corrected chi connectivity index (χ1v) is 5.18. The highest BCUT2D eigenvalue weighted by Crippen LogP contribution is 2.37. The Morgan fingerprint density at radius 1 is 1.20 bits per heavy atom. The van der Waals surface area contributed by atoms with Crippen LogP contribution in [0.4, 0.5) is 0 Å². The molecule has 2 amide bonds. The van der Waals surface area contributed by atoms with E-state index in [4.69, 9.17) is 5.11 Å². The summed E-state index contributed by atoms with van der Waals surface area (Å²) in [7, 11) is 0. The maximum Gasteiger partial charge on any atom is 0.323 e. The molecule has 5 nitrogen and oxygen atoms in total. The molecule has 2 atom stereocenters. The Kier molecular flexibility index (Phi) is 2.46. The van der Waals surface area contributed by atoms with Gasteiger partial charge < -0.3 is 5.11 Å². The first-order valence-electron chi connectivity index (χ1n) is 5.18. The topological polar surface area (TPSA) is 74.7 Å². The standard InChI is InChI=1S/C10H13NO4/c12-8(13)5-11-9(14)6-3-1-2-4-7(6)10(11)15/h6-7H,1-5H2,(H,12,13). The quantitative estimate of drug-likeness (QED) is 0.664. The zero-order valence-electron chi connectivity index (χ0n) is 8.31. The van der Waals surface area contributed by atoms with Crippen LogP contribution < -0.4 is 0 Å². The third-order valence-electron chi connectivity index (χ3n) is 3.23. The lowest BCUT2D eigenvalue weighted by Crippen LogP contribution is -2.35. The lowest BCUT2D eigenvalue weighted by molar-refractivity contribution is -0.149. The summed E-state index contributed by atoms with van der Waals surface area (Å²) in [6.07, 6.45) is 3.37. The summed E-state index contributed by atoms with van der Waals surface area (Å²) in [5, 5.41) is 8.60. The number of aliphatic carboxylic acids is 1. The predicted molar refractivity (Wildman–Crippen MR) is 49.8 cm³/mol. The number of hydrogen-bond acceptors (Lipinski definition) is 3. The van der Waals surface area contributed by atoms with Crippen LogP contribution in [-0.4, -0.2) is 34.3 Å². The van der Waals surface area contributed by atoms with E-state index in [1.54, 1.807) is 0 Å². The Labute approximate surface area is 87.1 Å². The molecule has 5 heteroatoms. The van der Waals surface area contributed by atoms with Crippen molar-refractivity contribution >= 4 is 17.8 Å². The van der Waals surface area contributed by atoms with Gasteiger partial charge in [-0.1, -0.05) is 12.8 Å². The van der Waals surface area contributed by atoms with E-state index in [1.807, 2.05) is 0 Å². The number of carboxylic acid groups (broad SMARTS) is 1. The minimum Gasteiger partial charge on any atom is -0.480 e. The van der Waals surface area contributed by atoms with Crippen molar-refractivity contribution in [2.45, 2.75) is 25.7 Å². The lowest BCUT2D eigenvalue weighted by atomic mass is 9.81. The van der Waals surface area contributed by atoms with Gasteiger partial charge in [0.05, 0.1) is 11.8 Å². The smallest absolute Gasteiger partial charge is 0.323 e. The molecule has 0 bridgehead atoms. The zero-order chi connectivity index (χ0) is 11.0. The van der Waals surface area contributed by atoms with Crippen molar-refractivity contribution in [3.05, 3.63) is 0 Å². The second-order valence-electron chi connectivity index (χ2n) is 4.15. The second kappa shape index (κ2) is 3.64. The Hall–Kier alpha value is -1.39. The van der Waals surface area contributed by atoms with Gasteiger partial charge in [0.25, 0.3) is 0 Å². The van der Waals surface area contributed by atoms with Crippen LogP contribution in [0.5, 0.6) is 0 Å². The Morgan fingerprint density at radius 3 is 2.07 bits per heavy atom. The molecule has 1 N–H and O–H groups in total. The highest BCUT2D eigenvalue weighted by molar-refractivity contribution is 6.06. The minimum atomic E-state index is -1.13. The lowest BCUT2D eigenvalue weighted by Gasteiger charge is -2.19. The highest BCUT2D eigenvalue weighted by Gasteiger charge is 2.48. The maximum absolute atomic E-state index is 11.7. The van der Waals surface area contributed by atoms with Crippen LogP contribution in [0.25, 0.3) is 0 Å². The van der Waals surface area contributed by atoms with Gasteiger partial charge in [-0.05, 0) is 12.8 Å². The summed E-state index contributed by atoms with van der Waals surface area (Å²) in [6, 6.07) is 0. The van der Waals surface area contributed by atoms with Crippen molar-refractivity contribution in [2.75, 3.05) is 6.54 Å².